The highest BCUT2D eigenvalue weighted by Gasteiger charge is 2.36. The number of hydrogen-bond donors (Lipinski definition) is 1. The van der Waals surface area contributed by atoms with Crippen molar-refractivity contribution < 1.29 is 18.0 Å². The molecule has 258 valence electrons. The zero-order valence-electron chi connectivity index (χ0n) is 27.5. The Kier molecular flexibility index (Phi) is 12.3. The molecule has 4 aromatic rings. The molecule has 1 N–H and O–H groups in total. The van der Waals surface area contributed by atoms with E-state index in [0.717, 1.165) is 53.1 Å². The van der Waals surface area contributed by atoms with Crippen LogP contribution in [0.1, 0.15) is 54.4 Å². The molecule has 7 nitrogen and oxygen atoms in total. The predicted molar refractivity (Wildman–Crippen MR) is 198 cm³/mol. The third-order valence-electron chi connectivity index (χ3n) is 8.94. The maximum atomic E-state index is 14.8. The smallest absolute Gasteiger partial charge is 0.264 e. The van der Waals surface area contributed by atoms with Crippen LogP contribution in [0.15, 0.2) is 95.9 Å². The van der Waals surface area contributed by atoms with Gasteiger partial charge >= 0.3 is 0 Å². The fourth-order valence-corrected chi connectivity index (χ4v) is 8.15. The number of benzene rings is 4. The van der Waals surface area contributed by atoms with Crippen LogP contribution in [0.2, 0.25) is 15.1 Å². The second-order valence-corrected chi connectivity index (χ2v) is 15.6. The summed E-state index contributed by atoms with van der Waals surface area (Å²) in [4.78, 5) is 30.5. The van der Waals surface area contributed by atoms with E-state index in [9.17, 15) is 18.0 Å². The Hall–Kier alpha value is -3.56. The summed E-state index contributed by atoms with van der Waals surface area (Å²) in [5.74, 6) is -0.929. The molecular weight excluding hydrogens is 701 g/mol. The van der Waals surface area contributed by atoms with E-state index in [0.29, 0.717) is 20.6 Å². The summed E-state index contributed by atoms with van der Waals surface area (Å²) < 4.78 is 29.7. The number of nitrogens with zero attached hydrogens (tertiary/aromatic N) is 2. The summed E-state index contributed by atoms with van der Waals surface area (Å²) in [6.07, 6.45) is 5.03. The number of amides is 2. The predicted octanol–water partition coefficient (Wildman–Crippen LogP) is 8.55. The Morgan fingerprint density at radius 3 is 2.10 bits per heavy atom. The van der Waals surface area contributed by atoms with Crippen LogP contribution >= 0.6 is 34.8 Å². The van der Waals surface area contributed by atoms with Gasteiger partial charge in [-0.1, -0.05) is 114 Å². The van der Waals surface area contributed by atoms with Crippen LogP contribution in [0.4, 0.5) is 5.69 Å². The minimum absolute atomic E-state index is 0.0131. The molecule has 0 bridgehead atoms. The Morgan fingerprint density at radius 1 is 0.816 bits per heavy atom. The van der Waals surface area contributed by atoms with E-state index in [1.165, 1.54) is 23.1 Å². The van der Waals surface area contributed by atoms with Crippen LogP contribution < -0.4 is 9.62 Å². The van der Waals surface area contributed by atoms with E-state index in [1.807, 2.05) is 44.2 Å². The lowest BCUT2D eigenvalue weighted by atomic mass is 9.94. The molecule has 49 heavy (non-hydrogen) atoms. The van der Waals surface area contributed by atoms with E-state index >= 15 is 0 Å². The van der Waals surface area contributed by atoms with Gasteiger partial charge in [-0.25, -0.2) is 8.42 Å². The van der Waals surface area contributed by atoms with Crippen LogP contribution in [-0.4, -0.2) is 43.8 Å². The van der Waals surface area contributed by atoms with Crippen molar-refractivity contribution in [1.82, 2.24) is 10.2 Å². The molecule has 2 amide bonds. The number of halogens is 3. The third kappa shape index (κ3) is 9.17. The van der Waals surface area contributed by atoms with Crippen molar-refractivity contribution in [1.29, 1.82) is 0 Å². The maximum Gasteiger partial charge on any atom is 0.264 e. The number of anilines is 1. The largest absolute Gasteiger partial charge is 0.352 e. The Bertz CT molecular complexity index is 1860. The number of carbonyl (C=O) groups excluding carboxylic acids is 2. The van der Waals surface area contributed by atoms with Crippen LogP contribution in [0.3, 0.4) is 0 Å². The molecule has 1 aliphatic carbocycles. The Morgan fingerprint density at radius 2 is 1.47 bits per heavy atom. The van der Waals surface area contributed by atoms with E-state index in [-0.39, 0.29) is 35.5 Å². The van der Waals surface area contributed by atoms with Gasteiger partial charge in [0.2, 0.25) is 11.8 Å². The maximum absolute atomic E-state index is 14.8. The number of hydrogen-bond acceptors (Lipinski definition) is 4. The van der Waals surface area contributed by atoms with Gasteiger partial charge in [-0.15, -0.1) is 0 Å². The van der Waals surface area contributed by atoms with Crippen molar-refractivity contribution in [3.8, 4) is 0 Å². The average molecular weight is 741 g/mol. The fraction of sp³-hybridized carbons (Fsp3) is 0.316. The summed E-state index contributed by atoms with van der Waals surface area (Å²) in [6, 6.07) is 24.7. The molecule has 0 heterocycles. The van der Waals surface area contributed by atoms with Crippen molar-refractivity contribution >= 4 is 62.3 Å². The summed E-state index contributed by atoms with van der Waals surface area (Å²) in [5.41, 5.74) is 3.14. The van der Waals surface area contributed by atoms with Crippen molar-refractivity contribution in [3.63, 3.8) is 0 Å². The highest BCUT2D eigenvalue weighted by atomic mass is 35.5. The minimum Gasteiger partial charge on any atom is -0.352 e. The molecule has 0 saturated heterocycles. The molecular formula is C38H40Cl3N3O4S. The lowest BCUT2D eigenvalue weighted by Crippen LogP contribution is -2.55. The Balaban J connectivity index is 1.60. The monoisotopic (exact) mass is 739 g/mol. The molecule has 1 unspecified atom stereocenters. The standard InChI is InChI=1S/C38H40Cl3N3O4S/c1-26-16-20-31(21-17-26)49(47,48)44(30-19-18-27(2)35(41)23-30)25-37(45)43(24-32-33(39)14-9-15-34(32)40)36(22-28-10-5-3-6-11-28)38(46)42-29-12-7-4-8-13-29/h3,5-6,9-11,14-21,23,29,36H,4,7-8,12-13,22,24-25H2,1-2H3,(H,42,46). The van der Waals surface area contributed by atoms with Crippen molar-refractivity contribution in [2.75, 3.05) is 10.8 Å². The molecule has 1 atom stereocenters. The molecule has 5 rings (SSSR count). The van der Waals surface area contributed by atoms with Crippen LogP contribution in [0, 0.1) is 13.8 Å². The van der Waals surface area contributed by atoms with Crippen LogP contribution in [0.5, 0.6) is 0 Å². The summed E-state index contributed by atoms with van der Waals surface area (Å²) in [6.45, 7) is 2.93. The van der Waals surface area contributed by atoms with Gasteiger partial charge in [0.15, 0.2) is 0 Å². The first-order valence-corrected chi connectivity index (χ1v) is 18.9. The fourth-order valence-electron chi connectivity index (χ4n) is 6.06. The molecule has 1 fully saturated rings. The van der Waals surface area contributed by atoms with E-state index in [4.69, 9.17) is 34.8 Å². The van der Waals surface area contributed by atoms with Crippen LogP contribution in [-0.2, 0) is 32.6 Å². The number of sulfonamides is 1. The average Bonchev–Trinajstić information content (AvgIpc) is 3.08. The third-order valence-corrected chi connectivity index (χ3v) is 11.8. The summed E-state index contributed by atoms with van der Waals surface area (Å²) >= 11 is 19.8. The normalized spacial score (nSPS) is 14.2. The zero-order valence-corrected chi connectivity index (χ0v) is 30.6. The molecule has 0 aliphatic heterocycles. The molecule has 0 spiro atoms. The molecule has 4 aromatic carbocycles. The van der Waals surface area contributed by atoms with E-state index in [1.54, 1.807) is 42.5 Å². The highest BCUT2D eigenvalue weighted by molar-refractivity contribution is 7.92. The van der Waals surface area contributed by atoms with Gasteiger partial charge in [0, 0.05) is 39.6 Å². The summed E-state index contributed by atoms with van der Waals surface area (Å²) in [5, 5.41) is 4.20. The van der Waals surface area contributed by atoms with E-state index < -0.39 is 28.5 Å². The van der Waals surface area contributed by atoms with Gasteiger partial charge < -0.3 is 10.2 Å². The van der Waals surface area contributed by atoms with E-state index in [2.05, 4.69) is 5.32 Å². The van der Waals surface area contributed by atoms with Crippen molar-refractivity contribution in [3.05, 3.63) is 128 Å². The number of carbonyl (C=O) groups is 2. The lowest BCUT2D eigenvalue weighted by Gasteiger charge is -2.35. The quantitative estimate of drug-likeness (QED) is 0.158. The van der Waals surface area contributed by atoms with Gasteiger partial charge in [0.25, 0.3) is 10.0 Å². The van der Waals surface area contributed by atoms with Crippen molar-refractivity contribution in [2.45, 2.75) is 75.9 Å². The Labute approximate surface area is 304 Å². The number of aryl methyl sites for hydroxylation is 2. The van der Waals surface area contributed by atoms with Gasteiger partial charge in [-0.3, -0.25) is 13.9 Å². The molecule has 0 radical (unpaired) electrons. The first kappa shape index (κ1) is 36.7. The SMILES string of the molecule is Cc1ccc(S(=O)(=O)N(CC(=O)N(Cc2c(Cl)cccc2Cl)C(Cc2ccccc2)C(=O)NC2CCCCC2)c2ccc(C)c(Cl)c2)cc1. The van der Waals surface area contributed by atoms with Gasteiger partial charge in [-0.05, 0) is 74.2 Å². The molecule has 1 saturated carbocycles. The highest BCUT2D eigenvalue weighted by Crippen LogP contribution is 2.31. The minimum atomic E-state index is -4.27. The molecule has 1 aliphatic rings. The summed E-state index contributed by atoms with van der Waals surface area (Å²) in [7, 11) is -4.27. The number of rotatable bonds is 12. The topological polar surface area (TPSA) is 86.8 Å². The molecule has 11 heteroatoms. The second-order valence-electron chi connectivity index (χ2n) is 12.5. The number of nitrogens with one attached hydrogen (secondary N) is 1. The molecule has 0 aromatic heterocycles. The lowest BCUT2D eigenvalue weighted by molar-refractivity contribution is -0.140. The van der Waals surface area contributed by atoms with Crippen LogP contribution in [0.25, 0.3) is 0 Å². The zero-order chi connectivity index (χ0) is 35.1. The first-order valence-electron chi connectivity index (χ1n) is 16.4. The van der Waals surface area contributed by atoms with Gasteiger partial charge in [0.1, 0.15) is 12.6 Å². The second kappa shape index (κ2) is 16.4. The first-order chi connectivity index (χ1) is 23.4. The van der Waals surface area contributed by atoms with Gasteiger partial charge in [0.05, 0.1) is 10.6 Å². The van der Waals surface area contributed by atoms with Crippen molar-refractivity contribution in [2.24, 2.45) is 0 Å². The van der Waals surface area contributed by atoms with Gasteiger partial charge in [-0.2, -0.15) is 0 Å².